The highest BCUT2D eigenvalue weighted by Crippen LogP contribution is 2.33. The standard InChI is InChI=1S/C26H36N2O3S/c1-17(2)23-8-7-9-24(18(3)4)25(23)27-26(29)21-12-14-28(15-13-21)32(30,31)22-11-10-19(5)20(6)16-22/h7-11,16-18,21H,12-15H2,1-6H3,(H,27,29). The van der Waals surface area contributed by atoms with Crippen LogP contribution in [0.15, 0.2) is 41.3 Å². The summed E-state index contributed by atoms with van der Waals surface area (Å²) in [6, 6.07) is 11.5. The maximum atomic E-state index is 13.1. The molecule has 0 saturated carbocycles. The van der Waals surface area contributed by atoms with Crippen LogP contribution in [0.1, 0.15) is 74.6 Å². The van der Waals surface area contributed by atoms with Crippen LogP contribution in [0.4, 0.5) is 5.69 Å². The SMILES string of the molecule is Cc1ccc(S(=O)(=O)N2CCC(C(=O)Nc3c(C(C)C)cccc3C(C)C)CC2)cc1C. The Morgan fingerprint density at radius 3 is 2.00 bits per heavy atom. The van der Waals surface area contributed by atoms with E-state index >= 15 is 0 Å². The number of amides is 1. The molecule has 0 aliphatic carbocycles. The van der Waals surface area contributed by atoms with Crippen molar-refractivity contribution in [2.45, 2.75) is 71.1 Å². The molecule has 1 heterocycles. The van der Waals surface area contributed by atoms with E-state index in [1.807, 2.05) is 19.9 Å². The minimum Gasteiger partial charge on any atom is -0.325 e. The normalized spacial score (nSPS) is 16.0. The second-order valence-electron chi connectivity index (χ2n) is 9.53. The summed E-state index contributed by atoms with van der Waals surface area (Å²) in [7, 11) is -3.54. The summed E-state index contributed by atoms with van der Waals surface area (Å²) in [6.07, 6.45) is 1.05. The Bertz CT molecular complexity index is 1060. The molecular formula is C26H36N2O3S. The minimum absolute atomic E-state index is 0.0109. The van der Waals surface area contributed by atoms with Crippen molar-refractivity contribution in [3.8, 4) is 0 Å². The van der Waals surface area contributed by atoms with Crippen molar-refractivity contribution >= 4 is 21.6 Å². The van der Waals surface area contributed by atoms with Gasteiger partial charge in [-0.25, -0.2) is 8.42 Å². The fourth-order valence-electron chi connectivity index (χ4n) is 4.30. The molecular weight excluding hydrogens is 420 g/mol. The van der Waals surface area contributed by atoms with E-state index in [4.69, 9.17) is 0 Å². The third-order valence-corrected chi connectivity index (χ3v) is 8.46. The number of piperidine rings is 1. The Morgan fingerprint density at radius 2 is 1.50 bits per heavy atom. The van der Waals surface area contributed by atoms with Crippen LogP contribution >= 0.6 is 0 Å². The summed E-state index contributed by atoms with van der Waals surface area (Å²) >= 11 is 0. The number of carbonyl (C=O) groups is 1. The number of nitrogens with one attached hydrogen (secondary N) is 1. The molecule has 1 fully saturated rings. The van der Waals surface area contributed by atoms with Gasteiger partial charge in [-0.3, -0.25) is 4.79 Å². The van der Waals surface area contributed by atoms with E-state index in [0.29, 0.717) is 42.7 Å². The van der Waals surface area contributed by atoms with Crippen molar-refractivity contribution in [1.82, 2.24) is 4.31 Å². The third-order valence-electron chi connectivity index (χ3n) is 6.56. The summed E-state index contributed by atoms with van der Waals surface area (Å²) in [5.41, 5.74) is 5.23. The number of anilines is 1. The predicted octanol–water partition coefficient (Wildman–Crippen LogP) is 5.59. The van der Waals surface area contributed by atoms with E-state index in [2.05, 4.69) is 51.2 Å². The molecule has 32 heavy (non-hydrogen) atoms. The molecule has 2 aromatic carbocycles. The van der Waals surface area contributed by atoms with Gasteiger partial charge in [0.1, 0.15) is 0 Å². The van der Waals surface area contributed by atoms with Gasteiger partial charge in [0.2, 0.25) is 15.9 Å². The molecule has 0 unspecified atom stereocenters. The van der Waals surface area contributed by atoms with Crippen molar-refractivity contribution in [2.24, 2.45) is 5.92 Å². The van der Waals surface area contributed by atoms with Crippen molar-refractivity contribution in [3.63, 3.8) is 0 Å². The number of para-hydroxylation sites is 1. The summed E-state index contributed by atoms with van der Waals surface area (Å²) in [4.78, 5) is 13.5. The zero-order valence-electron chi connectivity index (χ0n) is 20.1. The molecule has 5 nitrogen and oxygen atoms in total. The lowest BCUT2D eigenvalue weighted by molar-refractivity contribution is -0.120. The molecule has 174 valence electrons. The van der Waals surface area contributed by atoms with Gasteiger partial charge >= 0.3 is 0 Å². The van der Waals surface area contributed by atoms with Gasteiger partial charge in [-0.05, 0) is 72.9 Å². The lowest BCUT2D eigenvalue weighted by Gasteiger charge is -2.31. The van der Waals surface area contributed by atoms with Crippen LogP contribution in [0.5, 0.6) is 0 Å². The van der Waals surface area contributed by atoms with Gasteiger partial charge in [0.05, 0.1) is 4.90 Å². The predicted molar refractivity (Wildman–Crippen MR) is 131 cm³/mol. The molecule has 0 spiro atoms. The number of carbonyl (C=O) groups excluding carboxylic acids is 1. The van der Waals surface area contributed by atoms with Crippen LogP contribution in [0, 0.1) is 19.8 Å². The highest BCUT2D eigenvalue weighted by molar-refractivity contribution is 7.89. The number of rotatable bonds is 6. The summed E-state index contributed by atoms with van der Waals surface area (Å²) < 4.78 is 27.7. The molecule has 1 aliphatic heterocycles. The fraction of sp³-hybridized carbons (Fsp3) is 0.500. The molecule has 1 aliphatic rings. The van der Waals surface area contributed by atoms with Crippen molar-refractivity contribution < 1.29 is 13.2 Å². The molecule has 0 bridgehead atoms. The van der Waals surface area contributed by atoms with Gasteiger partial charge in [0.15, 0.2) is 0 Å². The molecule has 0 aromatic heterocycles. The second-order valence-corrected chi connectivity index (χ2v) is 11.5. The van der Waals surface area contributed by atoms with Gasteiger partial charge in [0.25, 0.3) is 0 Å². The molecule has 0 radical (unpaired) electrons. The zero-order valence-corrected chi connectivity index (χ0v) is 20.9. The van der Waals surface area contributed by atoms with Gasteiger partial charge in [0, 0.05) is 24.7 Å². The maximum Gasteiger partial charge on any atom is 0.243 e. The van der Waals surface area contributed by atoms with E-state index in [1.54, 1.807) is 12.1 Å². The number of hydrogen-bond donors (Lipinski definition) is 1. The van der Waals surface area contributed by atoms with E-state index < -0.39 is 10.0 Å². The van der Waals surface area contributed by atoms with Crippen LogP contribution in [0.25, 0.3) is 0 Å². The lowest BCUT2D eigenvalue weighted by atomic mass is 9.91. The third kappa shape index (κ3) is 5.07. The second kappa shape index (κ2) is 9.75. The van der Waals surface area contributed by atoms with Crippen molar-refractivity contribution in [2.75, 3.05) is 18.4 Å². The Balaban J connectivity index is 1.72. The molecule has 2 aromatic rings. The smallest absolute Gasteiger partial charge is 0.243 e. The average molecular weight is 457 g/mol. The monoisotopic (exact) mass is 456 g/mol. The highest BCUT2D eigenvalue weighted by atomic mass is 32.2. The number of sulfonamides is 1. The zero-order chi connectivity index (χ0) is 23.6. The average Bonchev–Trinajstić information content (AvgIpc) is 2.75. The first-order chi connectivity index (χ1) is 15.0. The Hall–Kier alpha value is -2.18. The van der Waals surface area contributed by atoms with Gasteiger partial charge < -0.3 is 5.32 Å². The van der Waals surface area contributed by atoms with E-state index in [0.717, 1.165) is 27.9 Å². The quantitative estimate of drug-likeness (QED) is 0.616. The lowest BCUT2D eigenvalue weighted by Crippen LogP contribution is -2.41. The topological polar surface area (TPSA) is 66.5 Å². The minimum atomic E-state index is -3.54. The van der Waals surface area contributed by atoms with Crippen LogP contribution in [0.3, 0.4) is 0 Å². The van der Waals surface area contributed by atoms with Crippen molar-refractivity contribution in [1.29, 1.82) is 0 Å². The molecule has 1 N–H and O–H groups in total. The summed E-state index contributed by atoms with van der Waals surface area (Å²) in [6.45, 7) is 13.1. The molecule has 1 saturated heterocycles. The molecule has 3 rings (SSSR count). The maximum absolute atomic E-state index is 13.1. The number of benzene rings is 2. The largest absolute Gasteiger partial charge is 0.325 e. The first-order valence-electron chi connectivity index (χ1n) is 11.5. The van der Waals surface area contributed by atoms with E-state index in [-0.39, 0.29) is 11.8 Å². The van der Waals surface area contributed by atoms with E-state index in [9.17, 15) is 13.2 Å². The van der Waals surface area contributed by atoms with Crippen LogP contribution in [0.2, 0.25) is 0 Å². The first-order valence-corrected chi connectivity index (χ1v) is 13.0. The van der Waals surface area contributed by atoms with Crippen LogP contribution in [-0.4, -0.2) is 31.7 Å². The van der Waals surface area contributed by atoms with Crippen LogP contribution < -0.4 is 5.32 Å². The summed E-state index contributed by atoms with van der Waals surface area (Å²) in [5, 5.41) is 3.20. The number of aryl methyl sites for hydroxylation is 2. The van der Waals surface area contributed by atoms with Gasteiger partial charge in [-0.1, -0.05) is 52.0 Å². The van der Waals surface area contributed by atoms with Crippen LogP contribution in [-0.2, 0) is 14.8 Å². The molecule has 1 amide bonds. The fourth-order valence-corrected chi connectivity index (χ4v) is 5.86. The Kier molecular flexibility index (Phi) is 7.46. The Labute approximate surface area is 193 Å². The summed E-state index contributed by atoms with van der Waals surface area (Å²) in [5.74, 6) is 0.396. The van der Waals surface area contributed by atoms with Crippen molar-refractivity contribution in [3.05, 3.63) is 58.7 Å². The highest BCUT2D eigenvalue weighted by Gasteiger charge is 2.32. The number of hydrogen-bond acceptors (Lipinski definition) is 3. The van der Waals surface area contributed by atoms with Gasteiger partial charge in [-0.15, -0.1) is 0 Å². The van der Waals surface area contributed by atoms with Gasteiger partial charge in [-0.2, -0.15) is 4.31 Å². The number of nitrogens with zero attached hydrogens (tertiary/aromatic N) is 1. The Morgan fingerprint density at radius 1 is 0.938 bits per heavy atom. The molecule has 6 heteroatoms. The van der Waals surface area contributed by atoms with E-state index in [1.165, 1.54) is 4.31 Å². The first kappa shape index (κ1) is 24.5. The molecule has 0 atom stereocenters.